The monoisotopic (exact) mass is 458 g/mol. The summed E-state index contributed by atoms with van der Waals surface area (Å²) in [4.78, 5) is 17.5. The molecule has 2 aromatic carbocycles. The highest BCUT2D eigenvalue weighted by atomic mass is 32.1. The van der Waals surface area contributed by atoms with E-state index in [1.54, 1.807) is 0 Å². The fraction of sp³-hybridized carbons (Fsp3) is 0.286. The predicted molar refractivity (Wildman–Crippen MR) is 139 cm³/mol. The van der Waals surface area contributed by atoms with Crippen molar-refractivity contribution in [3.05, 3.63) is 70.6 Å². The number of nitrogen functional groups attached to an aromatic ring is 1. The zero-order chi connectivity index (χ0) is 24.1. The number of fused-ring (bicyclic) bond motifs is 1. The van der Waals surface area contributed by atoms with Crippen LogP contribution in [-0.2, 0) is 10.8 Å². The Morgan fingerprint density at radius 2 is 1.45 bits per heavy atom. The van der Waals surface area contributed by atoms with E-state index in [9.17, 15) is 9.90 Å². The van der Waals surface area contributed by atoms with Crippen LogP contribution in [0.25, 0.3) is 32.6 Å². The van der Waals surface area contributed by atoms with Gasteiger partial charge in [-0.1, -0.05) is 77.9 Å². The van der Waals surface area contributed by atoms with Gasteiger partial charge in [-0.15, -0.1) is 11.3 Å². The van der Waals surface area contributed by atoms with Gasteiger partial charge in [0, 0.05) is 10.9 Å². The van der Waals surface area contributed by atoms with Gasteiger partial charge in [0.1, 0.15) is 9.71 Å². The summed E-state index contributed by atoms with van der Waals surface area (Å²) >= 11 is 1.13. The van der Waals surface area contributed by atoms with Crippen LogP contribution in [0.1, 0.15) is 62.3 Å². The second-order valence-corrected chi connectivity index (χ2v) is 11.5. The third kappa shape index (κ3) is 4.38. The highest BCUT2D eigenvalue weighted by Gasteiger charge is 2.24. The molecule has 0 saturated heterocycles. The van der Waals surface area contributed by atoms with Crippen LogP contribution in [0, 0.1) is 0 Å². The zero-order valence-electron chi connectivity index (χ0n) is 20.0. The summed E-state index contributed by atoms with van der Waals surface area (Å²) in [7, 11) is 0. The lowest BCUT2D eigenvalue weighted by molar-refractivity contribution is 0.0703. The summed E-state index contributed by atoms with van der Waals surface area (Å²) in [6.45, 7) is 13.3. The molecule has 0 fully saturated rings. The number of hydrogen-bond acceptors (Lipinski definition) is 4. The van der Waals surface area contributed by atoms with Crippen LogP contribution < -0.4 is 5.73 Å². The van der Waals surface area contributed by atoms with Gasteiger partial charge in [-0.25, -0.2) is 9.78 Å². The topological polar surface area (TPSA) is 76.2 Å². The second-order valence-electron chi connectivity index (χ2n) is 10.6. The van der Waals surface area contributed by atoms with Gasteiger partial charge in [-0.3, -0.25) is 0 Å². The SMILES string of the molecule is CC(C)(C)c1cc(-c2cc(-c3ccccc3)c3c(N)c(C(=O)O)sc3n2)cc(C(C)(C)C)c1. The molecule has 4 nitrogen and oxygen atoms in total. The van der Waals surface area contributed by atoms with Crippen molar-refractivity contribution < 1.29 is 9.90 Å². The molecule has 0 spiro atoms. The number of hydrogen-bond donors (Lipinski definition) is 2. The number of carbonyl (C=O) groups is 1. The molecular weight excluding hydrogens is 428 g/mol. The Labute approximate surface area is 199 Å². The van der Waals surface area contributed by atoms with E-state index >= 15 is 0 Å². The van der Waals surface area contributed by atoms with Crippen LogP contribution in [0.2, 0.25) is 0 Å². The average Bonchev–Trinajstić information content (AvgIpc) is 3.09. The first-order chi connectivity index (χ1) is 15.4. The fourth-order valence-electron chi connectivity index (χ4n) is 3.91. The number of nitrogens with zero attached hydrogens (tertiary/aromatic N) is 1. The van der Waals surface area contributed by atoms with Crippen LogP contribution in [0.15, 0.2) is 54.6 Å². The number of carboxylic acids is 1. The van der Waals surface area contributed by atoms with Crippen LogP contribution in [0.5, 0.6) is 0 Å². The van der Waals surface area contributed by atoms with E-state index in [0.717, 1.165) is 33.7 Å². The second kappa shape index (κ2) is 7.99. The van der Waals surface area contributed by atoms with Crippen LogP contribution in [0.3, 0.4) is 0 Å². The van der Waals surface area contributed by atoms with Crippen molar-refractivity contribution in [1.82, 2.24) is 4.98 Å². The number of benzene rings is 2. The van der Waals surface area contributed by atoms with Gasteiger partial charge in [-0.2, -0.15) is 0 Å². The van der Waals surface area contributed by atoms with Gasteiger partial charge >= 0.3 is 5.97 Å². The van der Waals surface area contributed by atoms with Crippen molar-refractivity contribution in [1.29, 1.82) is 0 Å². The summed E-state index contributed by atoms with van der Waals surface area (Å²) in [5, 5.41) is 10.4. The lowest BCUT2D eigenvalue weighted by atomic mass is 9.79. The molecule has 0 bridgehead atoms. The number of aromatic nitrogens is 1. The Bertz CT molecular complexity index is 1320. The number of carboxylic acid groups (broad SMARTS) is 1. The summed E-state index contributed by atoms with van der Waals surface area (Å²) in [6, 6.07) is 18.7. The molecule has 2 aromatic heterocycles. The van der Waals surface area contributed by atoms with Gasteiger partial charge in [0.05, 0.1) is 11.4 Å². The maximum atomic E-state index is 11.8. The lowest BCUT2D eigenvalue weighted by Crippen LogP contribution is -2.16. The highest BCUT2D eigenvalue weighted by molar-refractivity contribution is 7.21. The Balaban J connectivity index is 2.06. The molecule has 0 unspecified atom stereocenters. The summed E-state index contributed by atoms with van der Waals surface area (Å²) in [5.41, 5.74) is 12.8. The van der Waals surface area contributed by atoms with E-state index < -0.39 is 5.97 Å². The number of thiophene rings is 1. The Morgan fingerprint density at radius 1 is 0.879 bits per heavy atom. The van der Waals surface area contributed by atoms with Crippen LogP contribution in [-0.4, -0.2) is 16.1 Å². The quantitative estimate of drug-likeness (QED) is 0.333. The van der Waals surface area contributed by atoms with Gasteiger partial charge in [0.15, 0.2) is 0 Å². The first-order valence-electron chi connectivity index (χ1n) is 11.0. The minimum Gasteiger partial charge on any atom is -0.477 e. The molecule has 0 aliphatic carbocycles. The summed E-state index contributed by atoms with van der Waals surface area (Å²) in [5.74, 6) is -1.03. The number of anilines is 1. The summed E-state index contributed by atoms with van der Waals surface area (Å²) in [6.07, 6.45) is 0. The van der Waals surface area contributed by atoms with E-state index in [2.05, 4.69) is 59.7 Å². The third-order valence-electron chi connectivity index (χ3n) is 5.94. The molecule has 0 amide bonds. The van der Waals surface area contributed by atoms with Crippen LogP contribution >= 0.6 is 11.3 Å². The first-order valence-corrected chi connectivity index (χ1v) is 11.9. The number of rotatable bonds is 3. The fourth-order valence-corrected chi connectivity index (χ4v) is 4.87. The molecule has 5 heteroatoms. The van der Waals surface area contributed by atoms with Crippen molar-refractivity contribution in [2.45, 2.75) is 52.4 Å². The average molecular weight is 459 g/mol. The minimum atomic E-state index is -1.03. The van der Waals surface area contributed by atoms with E-state index in [0.29, 0.717) is 10.2 Å². The third-order valence-corrected chi connectivity index (χ3v) is 7.03. The van der Waals surface area contributed by atoms with E-state index in [-0.39, 0.29) is 21.4 Å². The number of pyridine rings is 1. The number of nitrogens with two attached hydrogens (primary N) is 1. The predicted octanol–water partition coefficient (Wildman–Crippen LogP) is 7.51. The van der Waals surface area contributed by atoms with Crippen molar-refractivity contribution in [2.24, 2.45) is 0 Å². The molecule has 0 radical (unpaired) electrons. The van der Waals surface area contributed by atoms with Crippen molar-refractivity contribution in [2.75, 3.05) is 5.73 Å². The van der Waals surface area contributed by atoms with Crippen molar-refractivity contribution in [3.8, 4) is 22.4 Å². The van der Waals surface area contributed by atoms with Crippen molar-refractivity contribution in [3.63, 3.8) is 0 Å². The zero-order valence-corrected chi connectivity index (χ0v) is 20.8. The molecule has 4 aromatic rings. The Hall–Kier alpha value is -3.18. The molecule has 0 aliphatic rings. The normalized spacial score (nSPS) is 12.3. The molecule has 0 aliphatic heterocycles. The molecular formula is C28H30N2O2S. The molecule has 0 saturated carbocycles. The van der Waals surface area contributed by atoms with Gasteiger partial charge in [0.2, 0.25) is 0 Å². The van der Waals surface area contributed by atoms with E-state index in [4.69, 9.17) is 10.7 Å². The smallest absolute Gasteiger partial charge is 0.348 e. The molecule has 0 atom stereocenters. The lowest BCUT2D eigenvalue weighted by Gasteiger charge is -2.26. The Kier molecular flexibility index (Phi) is 5.57. The molecule has 3 N–H and O–H groups in total. The highest BCUT2D eigenvalue weighted by Crippen LogP contribution is 2.42. The van der Waals surface area contributed by atoms with Gasteiger partial charge in [-0.05, 0) is 51.3 Å². The molecule has 2 heterocycles. The maximum Gasteiger partial charge on any atom is 0.348 e. The minimum absolute atomic E-state index is 0.0216. The van der Waals surface area contributed by atoms with E-state index in [1.165, 1.54) is 11.1 Å². The Morgan fingerprint density at radius 3 is 1.97 bits per heavy atom. The maximum absolute atomic E-state index is 11.8. The van der Waals surface area contributed by atoms with Crippen LogP contribution in [0.4, 0.5) is 5.69 Å². The summed E-state index contributed by atoms with van der Waals surface area (Å²) < 4.78 is 0. The molecule has 33 heavy (non-hydrogen) atoms. The first kappa shape index (κ1) is 23.0. The molecule has 170 valence electrons. The molecule has 4 rings (SSSR count). The van der Waals surface area contributed by atoms with Crippen molar-refractivity contribution >= 4 is 33.2 Å². The van der Waals surface area contributed by atoms with Gasteiger partial charge in [0.25, 0.3) is 0 Å². The number of aromatic carboxylic acids is 1. The largest absolute Gasteiger partial charge is 0.477 e. The van der Waals surface area contributed by atoms with Gasteiger partial charge < -0.3 is 10.8 Å². The standard InChI is InChI=1S/C28H30N2O2S/c1-27(2,3)18-12-17(13-19(14-18)28(4,5)6)21-15-20(16-10-8-7-9-11-16)22-23(29)24(26(31)32)33-25(22)30-21/h7-15H,29H2,1-6H3,(H,31,32). The van der Waals surface area contributed by atoms with E-state index in [1.807, 2.05) is 36.4 Å².